The highest BCUT2D eigenvalue weighted by molar-refractivity contribution is 9.08. The van der Waals surface area contributed by atoms with Gasteiger partial charge in [0, 0.05) is 5.33 Å². The first kappa shape index (κ1) is 13.8. The molecule has 0 bridgehead atoms. The number of aryl methyl sites for hydroxylation is 2. The Morgan fingerprint density at radius 3 is 2.25 bits per heavy atom. The van der Waals surface area contributed by atoms with Crippen LogP contribution in [0.5, 0.6) is 0 Å². The van der Waals surface area contributed by atoms with Gasteiger partial charge >= 0.3 is 0 Å². The first-order valence-electron chi connectivity index (χ1n) is 6.48. The van der Waals surface area contributed by atoms with E-state index in [0.29, 0.717) is 0 Å². The van der Waals surface area contributed by atoms with Gasteiger partial charge in [0.2, 0.25) is 0 Å². The van der Waals surface area contributed by atoms with Gasteiger partial charge in [0.25, 0.3) is 0 Å². The molecule has 0 aliphatic carbocycles. The lowest BCUT2D eigenvalue weighted by Crippen LogP contribution is -1.95. The monoisotopic (exact) mass is 282 g/mol. The Hall–Kier alpha value is -0.300. The number of benzene rings is 1. The molecule has 0 radical (unpaired) electrons. The van der Waals surface area contributed by atoms with Crippen molar-refractivity contribution in [2.24, 2.45) is 0 Å². The minimum absolute atomic E-state index is 0.986. The quantitative estimate of drug-likeness (QED) is 0.598. The highest BCUT2D eigenvalue weighted by Gasteiger charge is 2.02. The molecule has 1 aromatic rings. The van der Waals surface area contributed by atoms with E-state index in [4.69, 9.17) is 0 Å². The average molecular weight is 283 g/mol. The molecule has 1 aromatic carbocycles. The van der Waals surface area contributed by atoms with Crippen molar-refractivity contribution in [2.45, 2.75) is 57.7 Å². The van der Waals surface area contributed by atoms with Crippen LogP contribution >= 0.6 is 15.9 Å². The van der Waals surface area contributed by atoms with Gasteiger partial charge in [-0.2, -0.15) is 0 Å². The first-order chi connectivity index (χ1) is 7.81. The summed E-state index contributed by atoms with van der Waals surface area (Å²) < 4.78 is 0. The highest BCUT2D eigenvalue weighted by atomic mass is 79.9. The molecule has 0 aromatic heterocycles. The van der Waals surface area contributed by atoms with Crippen molar-refractivity contribution in [1.82, 2.24) is 0 Å². The van der Waals surface area contributed by atoms with Gasteiger partial charge in [-0.1, -0.05) is 60.8 Å². The van der Waals surface area contributed by atoms with E-state index in [1.807, 2.05) is 0 Å². The topological polar surface area (TPSA) is 0 Å². The fourth-order valence-electron chi connectivity index (χ4n) is 1.95. The predicted molar refractivity (Wildman–Crippen MR) is 76.3 cm³/mol. The van der Waals surface area contributed by atoms with E-state index in [1.54, 1.807) is 5.56 Å². The number of halogens is 1. The lowest BCUT2D eigenvalue weighted by Gasteiger charge is -2.09. The molecule has 0 aliphatic rings. The van der Waals surface area contributed by atoms with E-state index in [1.165, 1.54) is 49.7 Å². The Morgan fingerprint density at radius 1 is 0.938 bits per heavy atom. The molecule has 1 heteroatoms. The number of unbranched alkanes of at least 4 members (excludes halogenated alkanes) is 2. The van der Waals surface area contributed by atoms with Gasteiger partial charge in [-0.3, -0.25) is 0 Å². The van der Waals surface area contributed by atoms with Crippen LogP contribution in [0, 0.1) is 0 Å². The molecule has 90 valence electrons. The van der Waals surface area contributed by atoms with Crippen molar-refractivity contribution in [3.63, 3.8) is 0 Å². The highest BCUT2D eigenvalue weighted by Crippen LogP contribution is 2.18. The summed E-state index contributed by atoms with van der Waals surface area (Å²) in [6.07, 6.45) is 7.64. The Morgan fingerprint density at radius 2 is 1.62 bits per heavy atom. The van der Waals surface area contributed by atoms with Crippen LogP contribution in [0.3, 0.4) is 0 Å². The maximum absolute atomic E-state index is 3.58. The Bertz CT molecular complexity index is 304. The van der Waals surface area contributed by atoms with E-state index < -0.39 is 0 Å². The first-order valence-corrected chi connectivity index (χ1v) is 7.60. The maximum Gasteiger partial charge on any atom is 0.0285 e. The van der Waals surface area contributed by atoms with Crippen molar-refractivity contribution in [3.8, 4) is 0 Å². The molecule has 0 heterocycles. The van der Waals surface area contributed by atoms with Crippen LogP contribution in [0.1, 0.15) is 56.2 Å². The van der Waals surface area contributed by atoms with Crippen LogP contribution in [0.15, 0.2) is 18.2 Å². The Labute approximate surface area is 109 Å². The van der Waals surface area contributed by atoms with Crippen molar-refractivity contribution in [2.75, 3.05) is 0 Å². The van der Waals surface area contributed by atoms with Crippen LogP contribution in [0.4, 0.5) is 0 Å². The second-order valence-electron chi connectivity index (χ2n) is 4.44. The summed E-state index contributed by atoms with van der Waals surface area (Å²) in [7, 11) is 0. The smallest absolute Gasteiger partial charge is 0.0285 e. The Balaban J connectivity index is 2.74. The minimum atomic E-state index is 0.986. The van der Waals surface area contributed by atoms with Gasteiger partial charge in [0.05, 0.1) is 0 Å². The molecule has 0 saturated carbocycles. The largest absolute Gasteiger partial charge is 0.0876 e. The number of hydrogen-bond acceptors (Lipinski definition) is 0. The molecule has 0 spiro atoms. The lowest BCUT2D eigenvalue weighted by molar-refractivity contribution is 0.777. The molecule has 1 rings (SSSR count). The molecule has 0 atom stereocenters. The zero-order valence-corrected chi connectivity index (χ0v) is 12.1. The SMILES string of the molecule is CCCCc1ccc(CBr)c(CCCC)c1. The average Bonchev–Trinajstić information content (AvgIpc) is 2.33. The van der Waals surface area contributed by atoms with Gasteiger partial charge in [-0.05, 0) is 42.4 Å². The fraction of sp³-hybridized carbons (Fsp3) is 0.600. The molecule has 16 heavy (non-hydrogen) atoms. The number of rotatable bonds is 7. The van der Waals surface area contributed by atoms with Gasteiger partial charge in [-0.15, -0.1) is 0 Å². The predicted octanol–water partition coefficient (Wildman–Crippen LogP) is 5.27. The van der Waals surface area contributed by atoms with E-state index in [9.17, 15) is 0 Å². The van der Waals surface area contributed by atoms with Crippen LogP contribution in [0.2, 0.25) is 0 Å². The van der Waals surface area contributed by atoms with Gasteiger partial charge in [0.1, 0.15) is 0 Å². The molecule has 0 amide bonds. The standard InChI is InChI=1S/C15H23Br/c1-3-5-7-13-9-10-15(12-16)14(11-13)8-6-4-2/h9-11H,3-8,12H2,1-2H3. The fourth-order valence-corrected chi connectivity index (χ4v) is 2.49. The third-order valence-electron chi connectivity index (χ3n) is 3.03. The van der Waals surface area contributed by atoms with E-state index >= 15 is 0 Å². The molecule has 0 saturated heterocycles. The second-order valence-corrected chi connectivity index (χ2v) is 5.00. The second kappa shape index (κ2) is 7.89. The summed E-state index contributed by atoms with van der Waals surface area (Å²) >= 11 is 3.58. The number of alkyl halides is 1. The summed E-state index contributed by atoms with van der Waals surface area (Å²) in [5.41, 5.74) is 4.53. The van der Waals surface area contributed by atoms with E-state index in [0.717, 1.165) is 5.33 Å². The lowest BCUT2D eigenvalue weighted by atomic mass is 9.98. The molecule has 0 unspecified atom stereocenters. The van der Waals surface area contributed by atoms with Crippen molar-refractivity contribution < 1.29 is 0 Å². The summed E-state index contributed by atoms with van der Waals surface area (Å²) in [4.78, 5) is 0. The minimum Gasteiger partial charge on any atom is -0.0876 e. The third kappa shape index (κ3) is 4.29. The molecule has 0 fully saturated rings. The van der Waals surface area contributed by atoms with Crippen molar-refractivity contribution in [1.29, 1.82) is 0 Å². The molecule has 0 N–H and O–H groups in total. The summed E-state index contributed by atoms with van der Waals surface area (Å²) in [5, 5.41) is 0.986. The summed E-state index contributed by atoms with van der Waals surface area (Å²) in [6.45, 7) is 4.51. The van der Waals surface area contributed by atoms with Crippen molar-refractivity contribution in [3.05, 3.63) is 34.9 Å². The Kier molecular flexibility index (Phi) is 6.79. The molecular formula is C15H23Br. The normalized spacial score (nSPS) is 10.7. The molecular weight excluding hydrogens is 260 g/mol. The summed E-state index contributed by atoms with van der Waals surface area (Å²) in [5.74, 6) is 0. The van der Waals surface area contributed by atoms with Crippen molar-refractivity contribution >= 4 is 15.9 Å². The zero-order valence-electron chi connectivity index (χ0n) is 10.6. The van der Waals surface area contributed by atoms with E-state index in [2.05, 4.69) is 48.0 Å². The number of hydrogen-bond donors (Lipinski definition) is 0. The molecule has 0 aliphatic heterocycles. The molecule has 0 nitrogen and oxygen atoms in total. The van der Waals surface area contributed by atoms with Gasteiger partial charge < -0.3 is 0 Å². The maximum atomic E-state index is 3.58. The van der Waals surface area contributed by atoms with E-state index in [-0.39, 0.29) is 0 Å². The third-order valence-corrected chi connectivity index (χ3v) is 3.64. The van der Waals surface area contributed by atoms with Crippen LogP contribution in [0.25, 0.3) is 0 Å². The van der Waals surface area contributed by atoms with Crippen LogP contribution in [-0.2, 0) is 18.2 Å². The van der Waals surface area contributed by atoms with Gasteiger partial charge in [-0.25, -0.2) is 0 Å². The van der Waals surface area contributed by atoms with Gasteiger partial charge in [0.15, 0.2) is 0 Å². The van der Waals surface area contributed by atoms with Crippen LogP contribution < -0.4 is 0 Å². The van der Waals surface area contributed by atoms with Crippen LogP contribution in [-0.4, -0.2) is 0 Å². The zero-order chi connectivity index (χ0) is 11.8. The summed E-state index contributed by atoms with van der Waals surface area (Å²) in [6, 6.07) is 7.01.